The lowest BCUT2D eigenvalue weighted by Crippen LogP contribution is -2.37. The fourth-order valence-electron chi connectivity index (χ4n) is 0.555. The van der Waals surface area contributed by atoms with Crippen LogP contribution in [0.5, 0.6) is 0 Å². The van der Waals surface area contributed by atoms with Crippen molar-refractivity contribution in [1.29, 1.82) is 0 Å². The van der Waals surface area contributed by atoms with Crippen LogP contribution < -0.4 is 16.7 Å². The number of hydrogen-bond donors (Lipinski definition) is 3. The van der Waals surface area contributed by atoms with E-state index in [1.54, 1.807) is 11.8 Å². The van der Waals surface area contributed by atoms with Crippen molar-refractivity contribution in [1.82, 2.24) is 10.9 Å². The normalized spacial score (nSPS) is 28.4. The molecular weight excluding hydrogens is 136 g/mol. The zero-order valence-electron chi connectivity index (χ0n) is 5.43. The van der Waals surface area contributed by atoms with E-state index in [2.05, 4.69) is 16.0 Å². The van der Waals surface area contributed by atoms with Crippen LogP contribution in [0.1, 0.15) is 13.8 Å². The highest BCUT2D eigenvalue weighted by Crippen LogP contribution is 2.24. The maximum absolute atomic E-state index is 5.02. The van der Waals surface area contributed by atoms with Crippen LogP contribution in [0.2, 0.25) is 0 Å². The molecule has 0 saturated carbocycles. The summed E-state index contributed by atoms with van der Waals surface area (Å²) in [7, 11) is 0. The number of nitrogens with one attached hydrogen (secondary N) is 2. The van der Waals surface area contributed by atoms with E-state index in [0.717, 1.165) is 5.17 Å². The Hall–Kier alpha value is -0.420. The molecule has 9 heavy (non-hydrogen) atoms. The van der Waals surface area contributed by atoms with Gasteiger partial charge in [0.15, 0.2) is 5.17 Å². The Bertz CT molecular complexity index is 142. The molecule has 0 atom stereocenters. The van der Waals surface area contributed by atoms with Gasteiger partial charge in [-0.2, -0.15) is 5.10 Å². The summed E-state index contributed by atoms with van der Waals surface area (Å²) in [6.07, 6.45) is 0. The summed E-state index contributed by atoms with van der Waals surface area (Å²) in [5.74, 6) is 5.02. The summed E-state index contributed by atoms with van der Waals surface area (Å²) in [6, 6.07) is 0. The number of hydrazone groups is 1. The van der Waals surface area contributed by atoms with Crippen LogP contribution in [-0.2, 0) is 0 Å². The minimum absolute atomic E-state index is 0.0121. The number of thioether (sulfide) groups is 1. The van der Waals surface area contributed by atoms with Gasteiger partial charge in [-0.1, -0.05) is 11.8 Å². The van der Waals surface area contributed by atoms with Crippen LogP contribution in [0.3, 0.4) is 0 Å². The SMILES string of the molecule is CC1(C)NN/C(=N/N)S1. The zero-order valence-corrected chi connectivity index (χ0v) is 6.25. The molecule has 52 valence electrons. The van der Waals surface area contributed by atoms with Gasteiger partial charge in [-0.15, -0.1) is 0 Å². The lowest BCUT2D eigenvalue weighted by atomic mass is 10.4. The van der Waals surface area contributed by atoms with Gasteiger partial charge in [-0.3, -0.25) is 5.43 Å². The van der Waals surface area contributed by atoms with Crippen molar-refractivity contribution < 1.29 is 0 Å². The number of rotatable bonds is 0. The molecule has 1 aliphatic rings. The van der Waals surface area contributed by atoms with Crippen molar-refractivity contribution in [3.8, 4) is 0 Å². The minimum atomic E-state index is 0.0121. The third-order valence-corrected chi connectivity index (χ3v) is 1.95. The highest BCUT2D eigenvalue weighted by molar-refractivity contribution is 8.15. The fourth-order valence-corrected chi connectivity index (χ4v) is 1.30. The van der Waals surface area contributed by atoms with Crippen molar-refractivity contribution in [2.75, 3.05) is 0 Å². The first-order valence-corrected chi connectivity index (χ1v) is 3.46. The van der Waals surface area contributed by atoms with Crippen molar-refractivity contribution in [3.05, 3.63) is 0 Å². The van der Waals surface area contributed by atoms with E-state index in [9.17, 15) is 0 Å². The molecule has 4 N–H and O–H groups in total. The Kier molecular flexibility index (Phi) is 1.54. The monoisotopic (exact) mass is 146 g/mol. The van der Waals surface area contributed by atoms with E-state index in [-0.39, 0.29) is 4.87 Å². The van der Waals surface area contributed by atoms with Crippen molar-refractivity contribution in [2.45, 2.75) is 18.7 Å². The Labute approximate surface area is 58.2 Å². The number of nitrogens with zero attached hydrogens (tertiary/aromatic N) is 1. The molecule has 1 aliphatic heterocycles. The van der Waals surface area contributed by atoms with Gasteiger partial charge in [0.25, 0.3) is 0 Å². The first kappa shape index (κ1) is 6.70. The largest absolute Gasteiger partial charge is 0.321 e. The minimum Gasteiger partial charge on any atom is -0.321 e. The predicted octanol–water partition coefficient (Wildman–Crippen LogP) is -0.207. The summed E-state index contributed by atoms with van der Waals surface area (Å²) in [6.45, 7) is 4.09. The average Bonchev–Trinajstić information content (AvgIpc) is 2.10. The first-order chi connectivity index (χ1) is 4.14. The number of hydrogen-bond acceptors (Lipinski definition) is 4. The van der Waals surface area contributed by atoms with Gasteiger partial charge in [-0.25, -0.2) is 5.43 Å². The second kappa shape index (κ2) is 2.07. The zero-order chi connectivity index (χ0) is 6.91. The fraction of sp³-hybridized carbons (Fsp3) is 0.750. The topological polar surface area (TPSA) is 62.4 Å². The van der Waals surface area contributed by atoms with Gasteiger partial charge >= 0.3 is 0 Å². The lowest BCUT2D eigenvalue weighted by molar-refractivity contribution is 0.535. The summed E-state index contributed by atoms with van der Waals surface area (Å²) < 4.78 is 0. The number of nitrogens with two attached hydrogens (primary N) is 1. The van der Waals surface area contributed by atoms with Gasteiger partial charge in [0.1, 0.15) is 0 Å². The van der Waals surface area contributed by atoms with Gasteiger partial charge in [-0.05, 0) is 13.8 Å². The molecule has 1 saturated heterocycles. The molecule has 1 fully saturated rings. The molecule has 5 heteroatoms. The summed E-state index contributed by atoms with van der Waals surface area (Å²) >= 11 is 1.57. The molecule has 0 bridgehead atoms. The quantitative estimate of drug-likeness (QED) is 0.327. The molecule has 1 heterocycles. The lowest BCUT2D eigenvalue weighted by Gasteiger charge is -2.11. The summed E-state index contributed by atoms with van der Waals surface area (Å²) in [4.78, 5) is 0.0121. The van der Waals surface area contributed by atoms with E-state index >= 15 is 0 Å². The van der Waals surface area contributed by atoms with E-state index in [1.165, 1.54) is 0 Å². The average molecular weight is 146 g/mol. The summed E-state index contributed by atoms with van der Waals surface area (Å²) in [5.41, 5.74) is 5.83. The number of amidine groups is 1. The highest BCUT2D eigenvalue weighted by Gasteiger charge is 2.27. The Morgan fingerprint density at radius 1 is 1.67 bits per heavy atom. The van der Waals surface area contributed by atoms with Gasteiger partial charge in [0.05, 0.1) is 4.87 Å². The van der Waals surface area contributed by atoms with Crippen LogP contribution in [0.25, 0.3) is 0 Å². The Morgan fingerprint density at radius 3 is 2.56 bits per heavy atom. The second-order valence-electron chi connectivity index (χ2n) is 2.30. The molecule has 0 aliphatic carbocycles. The third-order valence-electron chi connectivity index (χ3n) is 0.940. The molecule has 0 aromatic rings. The van der Waals surface area contributed by atoms with E-state index in [0.29, 0.717) is 0 Å². The van der Waals surface area contributed by atoms with Gasteiger partial charge in [0, 0.05) is 0 Å². The molecular formula is C4H10N4S. The van der Waals surface area contributed by atoms with Crippen LogP contribution in [-0.4, -0.2) is 10.0 Å². The maximum atomic E-state index is 5.02. The Morgan fingerprint density at radius 2 is 2.33 bits per heavy atom. The number of hydrazine groups is 1. The molecule has 0 aromatic carbocycles. The van der Waals surface area contributed by atoms with Crippen LogP contribution >= 0.6 is 11.8 Å². The second-order valence-corrected chi connectivity index (χ2v) is 3.91. The molecule has 1 rings (SSSR count). The Balaban J connectivity index is 2.57. The van der Waals surface area contributed by atoms with E-state index < -0.39 is 0 Å². The third kappa shape index (κ3) is 1.49. The van der Waals surface area contributed by atoms with Gasteiger partial charge < -0.3 is 5.84 Å². The smallest absolute Gasteiger partial charge is 0.196 e. The standard InChI is InChI=1S/C4H10N4S/c1-4(2)8-7-3(6-5)9-4/h8H,5H2,1-2H3,(H,6,7). The van der Waals surface area contributed by atoms with Crippen LogP contribution in [0.15, 0.2) is 5.10 Å². The van der Waals surface area contributed by atoms with Crippen molar-refractivity contribution in [2.24, 2.45) is 10.9 Å². The summed E-state index contributed by atoms with van der Waals surface area (Å²) in [5, 5.41) is 4.23. The van der Waals surface area contributed by atoms with E-state index in [1.807, 2.05) is 13.8 Å². The molecule has 4 nitrogen and oxygen atoms in total. The van der Waals surface area contributed by atoms with Crippen LogP contribution in [0.4, 0.5) is 0 Å². The van der Waals surface area contributed by atoms with E-state index in [4.69, 9.17) is 5.84 Å². The molecule has 0 unspecified atom stereocenters. The molecule has 0 radical (unpaired) electrons. The molecule has 0 spiro atoms. The molecule has 0 aromatic heterocycles. The first-order valence-electron chi connectivity index (χ1n) is 2.64. The van der Waals surface area contributed by atoms with Crippen molar-refractivity contribution in [3.63, 3.8) is 0 Å². The predicted molar refractivity (Wildman–Crippen MR) is 39.6 cm³/mol. The van der Waals surface area contributed by atoms with Crippen molar-refractivity contribution >= 4 is 16.9 Å². The maximum Gasteiger partial charge on any atom is 0.196 e. The van der Waals surface area contributed by atoms with Gasteiger partial charge in [0.2, 0.25) is 0 Å². The van der Waals surface area contributed by atoms with Crippen LogP contribution in [0, 0.1) is 0 Å². The highest BCUT2D eigenvalue weighted by atomic mass is 32.2. The molecule has 0 amide bonds.